The summed E-state index contributed by atoms with van der Waals surface area (Å²) in [5, 5.41) is 1.02. The van der Waals surface area contributed by atoms with Gasteiger partial charge in [0.1, 0.15) is 0 Å². The van der Waals surface area contributed by atoms with E-state index >= 15 is 0 Å². The second-order valence-corrected chi connectivity index (χ2v) is 5.39. The molecule has 1 atom stereocenters. The van der Waals surface area contributed by atoms with Crippen LogP contribution in [0.2, 0.25) is 10.0 Å². The van der Waals surface area contributed by atoms with Gasteiger partial charge >= 0.3 is 0 Å². The van der Waals surface area contributed by atoms with E-state index in [4.69, 9.17) is 28.9 Å². The Labute approximate surface area is 121 Å². The van der Waals surface area contributed by atoms with Gasteiger partial charge in [0.05, 0.1) is 16.0 Å². The number of benzene rings is 1. The smallest absolute Gasteiger partial charge is 0.223 e. The van der Waals surface area contributed by atoms with Gasteiger partial charge in [-0.1, -0.05) is 35.3 Å². The fraction of sp³-hybridized carbons (Fsp3) is 0.385. The number of carbonyl (C=O) groups is 2. The summed E-state index contributed by atoms with van der Waals surface area (Å²) in [4.78, 5) is 24.4. The molecule has 0 aliphatic carbocycles. The van der Waals surface area contributed by atoms with Crippen LogP contribution in [0.3, 0.4) is 0 Å². The van der Waals surface area contributed by atoms with Crippen LogP contribution < -0.4 is 5.73 Å². The summed E-state index contributed by atoms with van der Waals surface area (Å²) in [7, 11) is 0. The third-order valence-corrected chi connectivity index (χ3v) is 4.16. The second kappa shape index (κ2) is 5.80. The third-order valence-electron chi connectivity index (χ3n) is 3.30. The number of amides is 2. The van der Waals surface area contributed by atoms with Crippen LogP contribution in [0.5, 0.6) is 0 Å². The first-order valence-corrected chi connectivity index (χ1v) is 6.74. The molecule has 1 aromatic carbocycles. The maximum absolute atomic E-state index is 11.7. The molecular formula is C13H14Cl2N2O2. The molecule has 0 saturated carbocycles. The summed E-state index contributed by atoms with van der Waals surface area (Å²) in [5.74, 6) is -0.832. The summed E-state index contributed by atoms with van der Waals surface area (Å²) in [6.07, 6.45) is 0.815. The minimum atomic E-state index is -0.420. The average Bonchev–Trinajstić information content (AvgIpc) is 2.73. The molecule has 0 aromatic heterocycles. The molecule has 0 radical (unpaired) electrons. The molecule has 1 aliphatic rings. The van der Waals surface area contributed by atoms with Crippen LogP contribution in [0.4, 0.5) is 0 Å². The highest BCUT2D eigenvalue weighted by molar-refractivity contribution is 6.42. The zero-order valence-electron chi connectivity index (χ0n) is 10.2. The van der Waals surface area contributed by atoms with Crippen molar-refractivity contribution >= 4 is 35.0 Å². The number of nitrogens with zero attached hydrogens (tertiary/aromatic N) is 1. The Morgan fingerprint density at radius 1 is 1.42 bits per heavy atom. The first kappa shape index (κ1) is 14.2. The van der Waals surface area contributed by atoms with Crippen molar-refractivity contribution in [3.8, 4) is 0 Å². The Balaban J connectivity index is 1.98. The van der Waals surface area contributed by atoms with Gasteiger partial charge in [-0.2, -0.15) is 0 Å². The van der Waals surface area contributed by atoms with Gasteiger partial charge in [-0.05, 0) is 18.1 Å². The zero-order chi connectivity index (χ0) is 14.0. The van der Waals surface area contributed by atoms with Gasteiger partial charge < -0.3 is 10.6 Å². The molecule has 0 spiro atoms. The molecule has 2 N–H and O–H groups in total. The minimum Gasteiger partial charge on any atom is -0.369 e. The van der Waals surface area contributed by atoms with Gasteiger partial charge in [0.15, 0.2) is 0 Å². The number of primary amides is 1. The van der Waals surface area contributed by atoms with E-state index in [1.807, 2.05) is 12.1 Å². The number of nitrogens with two attached hydrogens (primary N) is 1. The number of hydrogen-bond donors (Lipinski definition) is 1. The molecule has 1 fully saturated rings. The highest BCUT2D eigenvalue weighted by Crippen LogP contribution is 2.26. The van der Waals surface area contributed by atoms with Crippen LogP contribution in [0.25, 0.3) is 0 Å². The van der Waals surface area contributed by atoms with Crippen LogP contribution in [0.15, 0.2) is 18.2 Å². The number of carbonyl (C=O) groups excluding carboxylic acids is 2. The predicted molar refractivity (Wildman–Crippen MR) is 74.0 cm³/mol. The average molecular weight is 301 g/mol. The van der Waals surface area contributed by atoms with E-state index in [1.165, 1.54) is 0 Å². The highest BCUT2D eigenvalue weighted by Gasteiger charge is 2.32. The maximum Gasteiger partial charge on any atom is 0.223 e. The fourth-order valence-corrected chi connectivity index (χ4v) is 2.59. The van der Waals surface area contributed by atoms with Gasteiger partial charge in [-0.3, -0.25) is 9.59 Å². The molecule has 19 heavy (non-hydrogen) atoms. The first-order chi connectivity index (χ1) is 8.99. The monoisotopic (exact) mass is 300 g/mol. The van der Waals surface area contributed by atoms with Crippen LogP contribution >= 0.6 is 23.2 Å². The summed E-state index contributed by atoms with van der Waals surface area (Å²) < 4.78 is 0. The van der Waals surface area contributed by atoms with E-state index in [0.29, 0.717) is 29.6 Å². The lowest BCUT2D eigenvalue weighted by molar-refractivity contribution is -0.128. The SMILES string of the molecule is NC(=O)C1CC(=O)N(CCc2cccc(Cl)c2Cl)C1. The Morgan fingerprint density at radius 3 is 2.79 bits per heavy atom. The summed E-state index contributed by atoms with van der Waals surface area (Å²) >= 11 is 12.0. The summed E-state index contributed by atoms with van der Waals surface area (Å²) in [6.45, 7) is 0.912. The molecule has 102 valence electrons. The maximum atomic E-state index is 11.7. The van der Waals surface area contributed by atoms with Crippen molar-refractivity contribution in [2.24, 2.45) is 11.7 Å². The van der Waals surface area contributed by atoms with E-state index in [9.17, 15) is 9.59 Å². The standard InChI is InChI=1S/C13H14Cl2N2O2/c14-10-3-1-2-8(12(10)15)4-5-17-7-9(13(16)19)6-11(17)18/h1-3,9H,4-7H2,(H2,16,19). The molecule has 2 amide bonds. The quantitative estimate of drug-likeness (QED) is 0.922. The fourth-order valence-electron chi connectivity index (χ4n) is 2.18. The molecular weight excluding hydrogens is 287 g/mol. The zero-order valence-corrected chi connectivity index (χ0v) is 11.7. The number of halogens is 2. The number of likely N-dealkylation sites (tertiary alicyclic amines) is 1. The van der Waals surface area contributed by atoms with E-state index in [0.717, 1.165) is 5.56 Å². The van der Waals surface area contributed by atoms with Crippen LogP contribution in [-0.2, 0) is 16.0 Å². The lowest BCUT2D eigenvalue weighted by atomic mass is 10.1. The molecule has 4 nitrogen and oxygen atoms in total. The van der Waals surface area contributed by atoms with E-state index in [1.54, 1.807) is 11.0 Å². The number of hydrogen-bond acceptors (Lipinski definition) is 2. The largest absolute Gasteiger partial charge is 0.369 e. The minimum absolute atomic E-state index is 0.0399. The predicted octanol–water partition coefficient (Wildman–Crippen LogP) is 1.87. The van der Waals surface area contributed by atoms with E-state index in [2.05, 4.69) is 0 Å². The molecule has 6 heteroatoms. The lowest BCUT2D eigenvalue weighted by Crippen LogP contribution is -2.30. The molecule has 2 rings (SSSR count). The highest BCUT2D eigenvalue weighted by atomic mass is 35.5. The van der Waals surface area contributed by atoms with Gasteiger partial charge in [0.25, 0.3) is 0 Å². The molecule has 1 aliphatic heterocycles. The second-order valence-electron chi connectivity index (χ2n) is 4.61. The Bertz CT molecular complexity index is 519. The molecule has 1 aromatic rings. The van der Waals surface area contributed by atoms with Crippen LogP contribution in [0, 0.1) is 5.92 Å². The van der Waals surface area contributed by atoms with Gasteiger partial charge in [0, 0.05) is 19.5 Å². The Kier molecular flexibility index (Phi) is 4.32. The Hall–Kier alpha value is -1.26. The molecule has 0 bridgehead atoms. The topological polar surface area (TPSA) is 63.4 Å². The number of rotatable bonds is 4. The molecule has 1 saturated heterocycles. The van der Waals surface area contributed by atoms with Gasteiger partial charge in [0.2, 0.25) is 11.8 Å². The Morgan fingerprint density at radius 2 is 2.16 bits per heavy atom. The van der Waals surface area contributed by atoms with Crippen molar-refractivity contribution in [3.05, 3.63) is 33.8 Å². The van der Waals surface area contributed by atoms with Crippen molar-refractivity contribution in [1.29, 1.82) is 0 Å². The summed E-state index contributed by atoms with van der Waals surface area (Å²) in [6, 6.07) is 5.42. The third kappa shape index (κ3) is 3.19. The first-order valence-electron chi connectivity index (χ1n) is 5.99. The van der Waals surface area contributed by atoms with Crippen molar-refractivity contribution in [2.75, 3.05) is 13.1 Å². The van der Waals surface area contributed by atoms with Crippen LogP contribution in [-0.4, -0.2) is 29.8 Å². The van der Waals surface area contributed by atoms with E-state index < -0.39 is 5.91 Å². The van der Waals surface area contributed by atoms with Crippen molar-refractivity contribution in [3.63, 3.8) is 0 Å². The normalized spacial score (nSPS) is 18.9. The van der Waals surface area contributed by atoms with Crippen LogP contribution in [0.1, 0.15) is 12.0 Å². The van der Waals surface area contributed by atoms with Crippen molar-refractivity contribution < 1.29 is 9.59 Å². The molecule has 1 unspecified atom stereocenters. The lowest BCUT2D eigenvalue weighted by Gasteiger charge is -2.16. The molecule has 1 heterocycles. The van der Waals surface area contributed by atoms with Crippen molar-refractivity contribution in [1.82, 2.24) is 4.90 Å². The van der Waals surface area contributed by atoms with Gasteiger partial charge in [-0.25, -0.2) is 0 Å². The van der Waals surface area contributed by atoms with Crippen molar-refractivity contribution in [2.45, 2.75) is 12.8 Å². The van der Waals surface area contributed by atoms with E-state index in [-0.39, 0.29) is 18.2 Å². The summed E-state index contributed by atoms with van der Waals surface area (Å²) in [5.41, 5.74) is 6.11. The van der Waals surface area contributed by atoms with Gasteiger partial charge in [-0.15, -0.1) is 0 Å².